The van der Waals surface area contributed by atoms with Crippen LogP contribution in [0.5, 0.6) is 5.75 Å². The van der Waals surface area contributed by atoms with Crippen LogP contribution in [-0.4, -0.2) is 27.6 Å². The third kappa shape index (κ3) is 4.42. The number of ether oxygens (including phenoxy) is 1. The summed E-state index contributed by atoms with van der Waals surface area (Å²) in [4.78, 5) is 0. The fraction of sp³-hybridized carbons (Fsp3) is 0.300. The monoisotopic (exact) mass is 353 g/mol. The first-order valence-electron chi connectivity index (χ1n) is 8.56. The van der Waals surface area contributed by atoms with E-state index in [0.717, 1.165) is 47.4 Å². The average molecular weight is 353 g/mol. The topological polar surface area (TPSA) is 39.9 Å². The van der Waals surface area contributed by atoms with E-state index >= 15 is 0 Å². The van der Waals surface area contributed by atoms with Gasteiger partial charge in [0.15, 0.2) is 11.0 Å². The molecule has 0 spiro atoms. The molecular weight excluding hydrogens is 330 g/mol. The van der Waals surface area contributed by atoms with E-state index in [4.69, 9.17) is 4.74 Å². The Kier molecular flexibility index (Phi) is 6.12. The molecule has 3 aromatic rings. The largest absolute Gasteiger partial charge is 0.497 e. The number of hydrogen-bond acceptors (Lipinski definition) is 4. The predicted octanol–water partition coefficient (Wildman–Crippen LogP) is 4.70. The van der Waals surface area contributed by atoms with Gasteiger partial charge in [-0.2, -0.15) is 0 Å². The Morgan fingerprint density at radius 3 is 2.44 bits per heavy atom. The number of thioether (sulfide) groups is 1. The summed E-state index contributed by atoms with van der Waals surface area (Å²) in [7, 11) is 1.67. The lowest BCUT2D eigenvalue weighted by Gasteiger charge is -2.08. The molecule has 4 nitrogen and oxygen atoms in total. The number of aromatic nitrogens is 3. The minimum absolute atomic E-state index is 0.849. The predicted molar refractivity (Wildman–Crippen MR) is 103 cm³/mol. The molecule has 0 unspecified atom stereocenters. The van der Waals surface area contributed by atoms with Gasteiger partial charge < -0.3 is 9.30 Å². The number of aryl methyl sites for hydroxylation is 1. The van der Waals surface area contributed by atoms with Crippen molar-refractivity contribution in [1.29, 1.82) is 0 Å². The van der Waals surface area contributed by atoms with E-state index in [1.165, 1.54) is 5.56 Å². The number of rotatable bonds is 8. The summed E-state index contributed by atoms with van der Waals surface area (Å²) in [5.74, 6) is 2.80. The zero-order valence-electron chi connectivity index (χ0n) is 14.7. The highest BCUT2D eigenvalue weighted by Gasteiger charge is 2.13. The van der Waals surface area contributed by atoms with Gasteiger partial charge in [0, 0.05) is 17.9 Å². The van der Waals surface area contributed by atoms with E-state index in [0.29, 0.717) is 0 Å². The van der Waals surface area contributed by atoms with Gasteiger partial charge in [-0.3, -0.25) is 0 Å². The van der Waals surface area contributed by atoms with Crippen LogP contribution in [0.3, 0.4) is 0 Å². The summed E-state index contributed by atoms with van der Waals surface area (Å²) >= 11 is 1.78. The Morgan fingerprint density at radius 1 is 1.00 bits per heavy atom. The third-order valence-corrected chi connectivity index (χ3v) is 5.12. The molecule has 0 N–H and O–H groups in total. The van der Waals surface area contributed by atoms with E-state index < -0.39 is 0 Å². The standard InChI is InChI=1S/C20H23N3OS/c1-3-23-19(17-11-13-18(24-2)14-12-17)21-22-20(23)25-15-7-10-16-8-5-4-6-9-16/h4-6,8-9,11-14H,3,7,10,15H2,1-2H3. The zero-order valence-corrected chi connectivity index (χ0v) is 15.5. The molecule has 0 aliphatic heterocycles. The second kappa shape index (κ2) is 8.72. The highest BCUT2D eigenvalue weighted by atomic mass is 32.2. The molecule has 0 radical (unpaired) electrons. The van der Waals surface area contributed by atoms with E-state index in [-0.39, 0.29) is 0 Å². The van der Waals surface area contributed by atoms with E-state index in [1.807, 2.05) is 24.3 Å². The lowest BCUT2D eigenvalue weighted by molar-refractivity contribution is 0.415. The van der Waals surface area contributed by atoms with Crippen molar-refractivity contribution in [3.05, 3.63) is 60.2 Å². The van der Waals surface area contributed by atoms with Gasteiger partial charge in [0.1, 0.15) is 5.75 Å². The van der Waals surface area contributed by atoms with Gasteiger partial charge in [0.2, 0.25) is 0 Å². The van der Waals surface area contributed by atoms with Crippen LogP contribution in [0, 0.1) is 0 Å². The zero-order chi connectivity index (χ0) is 17.5. The Labute approximate surface area is 153 Å². The van der Waals surface area contributed by atoms with Gasteiger partial charge in [-0.15, -0.1) is 10.2 Å². The van der Waals surface area contributed by atoms with Gasteiger partial charge in [-0.05, 0) is 49.6 Å². The Morgan fingerprint density at radius 2 is 1.76 bits per heavy atom. The molecule has 1 heterocycles. The van der Waals surface area contributed by atoms with Gasteiger partial charge in [-0.1, -0.05) is 42.1 Å². The first kappa shape index (κ1) is 17.5. The minimum Gasteiger partial charge on any atom is -0.497 e. The van der Waals surface area contributed by atoms with Crippen molar-refractivity contribution in [3.63, 3.8) is 0 Å². The summed E-state index contributed by atoms with van der Waals surface area (Å²) in [6.45, 7) is 2.99. The van der Waals surface area contributed by atoms with E-state index in [2.05, 4.69) is 52.0 Å². The van der Waals surface area contributed by atoms with Crippen LogP contribution in [0.2, 0.25) is 0 Å². The molecule has 3 rings (SSSR count). The van der Waals surface area contributed by atoms with E-state index in [1.54, 1.807) is 18.9 Å². The molecular formula is C20H23N3OS. The number of benzene rings is 2. The molecule has 0 aliphatic carbocycles. The number of hydrogen-bond donors (Lipinski definition) is 0. The van der Waals surface area contributed by atoms with Crippen LogP contribution >= 0.6 is 11.8 Å². The van der Waals surface area contributed by atoms with E-state index in [9.17, 15) is 0 Å². The van der Waals surface area contributed by atoms with Gasteiger partial charge >= 0.3 is 0 Å². The average Bonchev–Trinajstić information content (AvgIpc) is 3.09. The molecule has 0 atom stereocenters. The molecule has 5 heteroatoms. The molecule has 0 saturated heterocycles. The van der Waals surface area contributed by atoms with Crippen molar-refractivity contribution >= 4 is 11.8 Å². The van der Waals surface area contributed by atoms with Gasteiger partial charge in [0.05, 0.1) is 7.11 Å². The molecule has 0 fully saturated rings. The summed E-state index contributed by atoms with van der Waals surface area (Å²) in [5, 5.41) is 9.78. The quantitative estimate of drug-likeness (QED) is 0.435. The van der Waals surface area contributed by atoms with Crippen molar-refractivity contribution in [2.75, 3.05) is 12.9 Å². The summed E-state index contributed by atoms with van der Waals surface area (Å²) < 4.78 is 7.40. The smallest absolute Gasteiger partial charge is 0.191 e. The van der Waals surface area contributed by atoms with Gasteiger partial charge in [0.25, 0.3) is 0 Å². The maximum atomic E-state index is 5.22. The van der Waals surface area contributed by atoms with Crippen molar-refractivity contribution in [2.24, 2.45) is 0 Å². The SMILES string of the molecule is CCn1c(SCCCc2ccccc2)nnc1-c1ccc(OC)cc1. The fourth-order valence-electron chi connectivity index (χ4n) is 2.72. The second-order valence-corrected chi connectivity index (χ2v) is 6.78. The normalized spacial score (nSPS) is 10.8. The Hall–Kier alpha value is -2.27. The van der Waals surface area contributed by atoms with Crippen molar-refractivity contribution < 1.29 is 4.74 Å². The molecule has 25 heavy (non-hydrogen) atoms. The van der Waals surface area contributed by atoms with Crippen LogP contribution in [0.4, 0.5) is 0 Å². The van der Waals surface area contributed by atoms with Crippen molar-refractivity contribution in [3.8, 4) is 17.1 Å². The van der Waals surface area contributed by atoms with Crippen LogP contribution in [0.1, 0.15) is 18.9 Å². The highest BCUT2D eigenvalue weighted by molar-refractivity contribution is 7.99. The molecule has 0 amide bonds. The lowest BCUT2D eigenvalue weighted by Crippen LogP contribution is -2.00. The Balaban J connectivity index is 1.63. The summed E-state index contributed by atoms with van der Waals surface area (Å²) in [6.07, 6.45) is 2.22. The first-order chi connectivity index (χ1) is 12.3. The summed E-state index contributed by atoms with van der Waals surface area (Å²) in [5.41, 5.74) is 2.45. The number of nitrogens with zero attached hydrogens (tertiary/aromatic N) is 3. The molecule has 130 valence electrons. The fourth-order valence-corrected chi connectivity index (χ4v) is 3.66. The summed E-state index contributed by atoms with van der Waals surface area (Å²) in [6, 6.07) is 18.6. The molecule has 1 aromatic heterocycles. The number of methoxy groups -OCH3 is 1. The molecule has 2 aromatic carbocycles. The van der Waals surface area contributed by atoms with Crippen LogP contribution in [0.15, 0.2) is 59.8 Å². The van der Waals surface area contributed by atoms with Crippen LogP contribution in [-0.2, 0) is 13.0 Å². The van der Waals surface area contributed by atoms with Gasteiger partial charge in [-0.25, -0.2) is 0 Å². The first-order valence-corrected chi connectivity index (χ1v) is 9.54. The highest BCUT2D eigenvalue weighted by Crippen LogP contribution is 2.26. The lowest BCUT2D eigenvalue weighted by atomic mass is 10.1. The third-order valence-electron chi connectivity index (χ3n) is 4.07. The van der Waals surface area contributed by atoms with Crippen molar-refractivity contribution in [2.45, 2.75) is 31.5 Å². The molecule has 0 bridgehead atoms. The Bertz CT molecular complexity index is 784. The molecule has 0 aliphatic rings. The maximum absolute atomic E-state index is 5.22. The minimum atomic E-state index is 0.849. The van der Waals surface area contributed by atoms with Crippen LogP contribution in [0.25, 0.3) is 11.4 Å². The van der Waals surface area contributed by atoms with Crippen LogP contribution < -0.4 is 4.74 Å². The maximum Gasteiger partial charge on any atom is 0.191 e. The van der Waals surface area contributed by atoms with Crippen molar-refractivity contribution in [1.82, 2.24) is 14.8 Å². The molecule has 0 saturated carbocycles. The second-order valence-electron chi connectivity index (χ2n) is 5.72.